The van der Waals surface area contributed by atoms with Crippen LogP contribution in [-0.4, -0.2) is 18.3 Å². The van der Waals surface area contributed by atoms with E-state index in [1.807, 2.05) is 25.1 Å². The molecular weight excluding hydrogens is 204 g/mol. The SMILES string of the molecule is CCC(C)Oc1cc(OC)ccc1C(C)O. The summed E-state index contributed by atoms with van der Waals surface area (Å²) in [6.45, 7) is 5.80. The van der Waals surface area contributed by atoms with E-state index in [4.69, 9.17) is 9.47 Å². The van der Waals surface area contributed by atoms with Gasteiger partial charge in [0.15, 0.2) is 0 Å². The van der Waals surface area contributed by atoms with Crippen molar-refractivity contribution in [3.63, 3.8) is 0 Å². The predicted molar refractivity (Wildman–Crippen MR) is 64.0 cm³/mol. The molecule has 3 heteroatoms. The summed E-state index contributed by atoms with van der Waals surface area (Å²) in [6.07, 6.45) is 0.519. The van der Waals surface area contributed by atoms with Gasteiger partial charge in [0, 0.05) is 11.6 Å². The zero-order valence-electron chi connectivity index (χ0n) is 10.4. The van der Waals surface area contributed by atoms with E-state index < -0.39 is 6.10 Å². The standard InChI is InChI=1S/C13H20O3/c1-5-9(2)16-13-8-11(15-4)6-7-12(13)10(3)14/h6-10,14H,5H2,1-4H3. The van der Waals surface area contributed by atoms with Crippen molar-refractivity contribution in [2.75, 3.05) is 7.11 Å². The minimum Gasteiger partial charge on any atom is -0.497 e. The maximum atomic E-state index is 9.63. The summed E-state index contributed by atoms with van der Waals surface area (Å²) in [5.41, 5.74) is 0.793. The molecule has 0 fully saturated rings. The predicted octanol–water partition coefficient (Wildman–Crippen LogP) is 2.93. The summed E-state index contributed by atoms with van der Waals surface area (Å²) in [5, 5.41) is 9.63. The lowest BCUT2D eigenvalue weighted by Gasteiger charge is -2.18. The van der Waals surface area contributed by atoms with E-state index in [1.54, 1.807) is 14.0 Å². The van der Waals surface area contributed by atoms with E-state index in [2.05, 4.69) is 6.92 Å². The molecule has 2 atom stereocenters. The molecular formula is C13H20O3. The first-order valence-corrected chi connectivity index (χ1v) is 5.61. The molecule has 0 spiro atoms. The lowest BCUT2D eigenvalue weighted by molar-refractivity contribution is 0.176. The fraction of sp³-hybridized carbons (Fsp3) is 0.538. The Labute approximate surface area is 97.0 Å². The number of aliphatic hydroxyl groups is 1. The molecule has 1 aromatic carbocycles. The van der Waals surface area contributed by atoms with Crippen LogP contribution in [0.2, 0.25) is 0 Å². The molecule has 1 rings (SSSR count). The van der Waals surface area contributed by atoms with Gasteiger partial charge in [0.2, 0.25) is 0 Å². The van der Waals surface area contributed by atoms with Gasteiger partial charge in [-0.05, 0) is 32.4 Å². The zero-order chi connectivity index (χ0) is 12.1. The second kappa shape index (κ2) is 5.75. The molecule has 0 heterocycles. The van der Waals surface area contributed by atoms with Crippen LogP contribution in [0, 0.1) is 0 Å². The van der Waals surface area contributed by atoms with Gasteiger partial charge >= 0.3 is 0 Å². The number of rotatable bonds is 5. The fourth-order valence-corrected chi connectivity index (χ4v) is 1.39. The smallest absolute Gasteiger partial charge is 0.129 e. The van der Waals surface area contributed by atoms with Gasteiger partial charge in [-0.15, -0.1) is 0 Å². The lowest BCUT2D eigenvalue weighted by Crippen LogP contribution is -2.12. The minimum atomic E-state index is -0.537. The van der Waals surface area contributed by atoms with Crippen LogP contribution in [0.5, 0.6) is 11.5 Å². The highest BCUT2D eigenvalue weighted by Gasteiger charge is 2.12. The summed E-state index contributed by atoms with van der Waals surface area (Å²) < 4.78 is 10.9. The van der Waals surface area contributed by atoms with Gasteiger partial charge in [-0.2, -0.15) is 0 Å². The Balaban J connectivity index is 3.00. The largest absolute Gasteiger partial charge is 0.497 e. The van der Waals surface area contributed by atoms with E-state index in [-0.39, 0.29) is 6.10 Å². The van der Waals surface area contributed by atoms with Crippen LogP contribution < -0.4 is 9.47 Å². The topological polar surface area (TPSA) is 38.7 Å². The maximum Gasteiger partial charge on any atom is 0.129 e. The summed E-state index contributed by atoms with van der Waals surface area (Å²) in [6, 6.07) is 5.47. The Morgan fingerprint density at radius 1 is 1.31 bits per heavy atom. The molecule has 0 amide bonds. The molecule has 0 saturated carbocycles. The van der Waals surface area contributed by atoms with Gasteiger partial charge in [-0.3, -0.25) is 0 Å². The molecule has 90 valence electrons. The number of aliphatic hydroxyl groups excluding tert-OH is 1. The van der Waals surface area contributed by atoms with Crippen LogP contribution in [0.4, 0.5) is 0 Å². The number of hydrogen-bond acceptors (Lipinski definition) is 3. The van der Waals surface area contributed by atoms with Crippen LogP contribution in [0.3, 0.4) is 0 Å². The summed E-state index contributed by atoms with van der Waals surface area (Å²) in [5.74, 6) is 1.44. The van der Waals surface area contributed by atoms with Gasteiger partial charge < -0.3 is 14.6 Å². The number of benzene rings is 1. The third kappa shape index (κ3) is 3.14. The van der Waals surface area contributed by atoms with E-state index >= 15 is 0 Å². The first-order valence-electron chi connectivity index (χ1n) is 5.61. The average molecular weight is 224 g/mol. The van der Waals surface area contributed by atoms with Crippen molar-refractivity contribution in [1.82, 2.24) is 0 Å². The molecule has 16 heavy (non-hydrogen) atoms. The Bertz CT molecular complexity index is 334. The van der Waals surface area contributed by atoms with E-state index in [0.717, 1.165) is 17.7 Å². The van der Waals surface area contributed by atoms with Gasteiger partial charge in [0.05, 0.1) is 19.3 Å². The lowest BCUT2D eigenvalue weighted by atomic mass is 10.1. The van der Waals surface area contributed by atoms with E-state index in [0.29, 0.717) is 5.75 Å². The third-order valence-corrected chi connectivity index (χ3v) is 2.57. The minimum absolute atomic E-state index is 0.129. The highest BCUT2D eigenvalue weighted by Crippen LogP contribution is 2.30. The normalized spacial score (nSPS) is 14.3. The molecule has 1 N–H and O–H groups in total. The monoisotopic (exact) mass is 224 g/mol. The van der Waals surface area contributed by atoms with Crippen LogP contribution >= 0.6 is 0 Å². The maximum absolute atomic E-state index is 9.63. The molecule has 0 aromatic heterocycles. The molecule has 2 unspecified atom stereocenters. The third-order valence-electron chi connectivity index (χ3n) is 2.57. The van der Waals surface area contributed by atoms with Crippen LogP contribution in [0.1, 0.15) is 38.9 Å². The van der Waals surface area contributed by atoms with Crippen LogP contribution in [-0.2, 0) is 0 Å². The van der Waals surface area contributed by atoms with Crippen LogP contribution in [0.25, 0.3) is 0 Å². The molecule has 0 bridgehead atoms. The number of hydrogen-bond donors (Lipinski definition) is 1. The van der Waals surface area contributed by atoms with E-state index in [9.17, 15) is 5.11 Å². The molecule has 1 aromatic rings. The Hall–Kier alpha value is -1.22. The first-order chi connectivity index (χ1) is 7.58. The second-order valence-electron chi connectivity index (χ2n) is 3.92. The first kappa shape index (κ1) is 12.8. The van der Waals surface area contributed by atoms with Gasteiger partial charge in [0.25, 0.3) is 0 Å². The van der Waals surface area contributed by atoms with Crippen molar-refractivity contribution in [3.05, 3.63) is 23.8 Å². The zero-order valence-corrected chi connectivity index (χ0v) is 10.4. The van der Waals surface area contributed by atoms with Crippen molar-refractivity contribution in [2.24, 2.45) is 0 Å². The van der Waals surface area contributed by atoms with Gasteiger partial charge in [0.1, 0.15) is 11.5 Å². The molecule has 3 nitrogen and oxygen atoms in total. The highest BCUT2D eigenvalue weighted by molar-refractivity contribution is 5.41. The Morgan fingerprint density at radius 2 is 2.00 bits per heavy atom. The second-order valence-corrected chi connectivity index (χ2v) is 3.92. The number of methoxy groups -OCH3 is 1. The van der Waals surface area contributed by atoms with E-state index in [1.165, 1.54) is 0 Å². The molecule has 0 radical (unpaired) electrons. The fourth-order valence-electron chi connectivity index (χ4n) is 1.39. The highest BCUT2D eigenvalue weighted by atomic mass is 16.5. The van der Waals surface area contributed by atoms with Crippen molar-refractivity contribution in [1.29, 1.82) is 0 Å². The molecule has 0 saturated heterocycles. The quantitative estimate of drug-likeness (QED) is 0.835. The molecule has 0 aliphatic carbocycles. The van der Waals surface area contributed by atoms with Crippen molar-refractivity contribution in [3.8, 4) is 11.5 Å². The Morgan fingerprint density at radius 3 is 2.50 bits per heavy atom. The summed E-state index contributed by atoms with van der Waals surface area (Å²) >= 11 is 0. The van der Waals surface area contributed by atoms with Crippen molar-refractivity contribution in [2.45, 2.75) is 39.4 Å². The molecule has 0 aliphatic rings. The molecule has 0 aliphatic heterocycles. The van der Waals surface area contributed by atoms with Crippen molar-refractivity contribution < 1.29 is 14.6 Å². The summed E-state index contributed by atoms with van der Waals surface area (Å²) in [7, 11) is 1.62. The number of ether oxygens (including phenoxy) is 2. The van der Waals surface area contributed by atoms with Crippen molar-refractivity contribution >= 4 is 0 Å². The van der Waals surface area contributed by atoms with Gasteiger partial charge in [-0.1, -0.05) is 6.92 Å². The van der Waals surface area contributed by atoms with Crippen LogP contribution in [0.15, 0.2) is 18.2 Å². The summed E-state index contributed by atoms with van der Waals surface area (Å²) in [4.78, 5) is 0. The average Bonchev–Trinajstić information content (AvgIpc) is 2.28. The Kier molecular flexibility index (Phi) is 4.62. The van der Waals surface area contributed by atoms with Gasteiger partial charge in [-0.25, -0.2) is 0 Å².